The van der Waals surface area contributed by atoms with E-state index in [9.17, 15) is 24.6 Å². The summed E-state index contributed by atoms with van der Waals surface area (Å²) in [6.07, 6.45) is 0.870. The van der Waals surface area contributed by atoms with E-state index in [0.717, 1.165) is 104 Å². The minimum absolute atomic E-state index is 0.00757. The number of nitrogens with zero attached hydrogens (tertiary/aromatic N) is 8. The number of benzene rings is 4. The van der Waals surface area contributed by atoms with E-state index in [2.05, 4.69) is 40.5 Å². The minimum Gasteiger partial charge on any atom is -0.508 e. The number of carbonyl (C=O) groups is 3. The van der Waals surface area contributed by atoms with Gasteiger partial charge in [-0.3, -0.25) is 24.2 Å². The summed E-state index contributed by atoms with van der Waals surface area (Å²) in [4.78, 5) is 67.6. The van der Waals surface area contributed by atoms with Crippen LogP contribution in [0.3, 0.4) is 0 Å². The van der Waals surface area contributed by atoms with Crippen LogP contribution in [0.15, 0.2) is 72.2 Å². The Kier molecular flexibility index (Phi) is 17.6. The van der Waals surface area contributed by atoms with Gasteiger partial charge in [-0.05, 0) is 104 Å². The van der Waals surface area contributed by atoms with Crippen LogP contribution in [-0.4, -0.2) is 178 Å². The van der Waals surface area contributed by atoms with Gasteiger partial charge in [0.2, 0.25) is 17.7 Å². The lowest BCUT2D eigenvalue weighted by Gasteiger charge is -2.39. The Morgan fingerprint density at radius 2 is 1.61 bits per heavy atom. The largest absolute Gasteiger partial charge is 0.508 e. The summed E-state index contributed by atoms with van der Waals surface area (Å²) in [5.74, 6) is -0.496. The highest BCUT2D eigenvalue weighted by Crippen LogP contribution is 2.43. The third-order valence-corrected chi connectivity index (χ3v) is 17.6. The molecule has 0 bridgehead atoms. The fourth-order valence-corrected chi connectivity index (χ4v) is 13.0. The van der Waals surface area contributed by atoms with Gasteiger partial charge in [0.15, 0.2) is 5.82 Å². The number of aromatic nitrogens is 3. The van der Waals surface area contributed by atoms with Crippen molar-refractivity contribution in [3.8, 4) is 33.3 Å². The third-order valence-electron chi connectivity index (χ3n) is 16.3. The summed E-state index contributed by atoms with van der Waals surface area (Å²) < 4.78 is 23.5. The number of aliphatic hydroxyl groups is 1. The Balaban J connectivity index is 0.696. The van der Waals surface area contributed by atoms with E-state index in [1.165, 1.54) is 11.0 Å². The van der Waals surface area contributed by atoms with Gasteiger partial charge >= 0.3 is 6.01 Å². The monoisotopic (exact) mass is 1130 g/mol. The van der Waals surface area contributed by atoms with Crippen LogP contribution in [-0.2, 0) is 14.4 Å². The third kappa shape index (κ3) is 13.0. The predicted molar refractivity (Wildman–Crippen MR) is 313 cm³/mol. The minimum atomic E-state index is -0.901. The van der Waals surface area contributed by atoms with Crippen molar-refractivity contribution in [3.63, 3.8) is 0 Å². The van der Waals surface area contributed by atoms with Crippen LogP contribution in [0.4, 0.5) is 10.2 Å². The number of fused-ring (bicyclic) bond motifs is 2. The molecule has 5 atom stereocenters. The molecule has 4 aromatic carbocycles. The smallest absolute Gasteiger partial charge is 0.319 e. The maximum atomic E-state index is 17.1. The van der Waals surface area contributed by atoms with Crippen LogP contribution < -0.4 is 25.6 Å². The number of amides is 3. The van der Waals surface area contributed by atoms with E-state index in [-0.39, 0.29) is 77.2 Å². The molecule has 3 amide bonds. The molecule has 2 aromatic heterocycles. The average molecular weight is 1130 g/mol. The fourth-order valence-electron chi connectivity index (χ4n) is 11.9. The van der Waals surface area contributed by atoms with Gasteiger partial charge in [-0.15, -0.1) is 11.3 Å². The number of phenols is 1. The van der Waals surface area contributed by atoms with Crippen molar-refractivity contribution >= 4 is 68.2 Å². The topological polar surface area (TPSA) is 192 Å². The number of phenolic OH excluding ortho intramolecular Hbond substituents is 1. The molecule has 4 aliphatic rings. The van der Waals surface area contributed by atoms with Crippen molar-refractivity contribution in [1.82, 2.24) is 50.5 Å². The van der Waals surface area contributed by atoms with Crippen LogP contribution in [0.25, 0.3) is 43.2 Å². The number of ether oxygens (including phenoxy) is 1. The lowest BCUT2D eigenvalue weighted by molar-refractivity contribution is -0.144. The highest BCUT2D eigenvalue weighted by atomic mass is 35.5. The zero-order chi connectivity index (χ0) is 56.4. The van der Waals surface area contributed by atoms with E-state index in [1.54, 1.807) is 23.5 Å². The Hall–Kier alpha value is -6.06. The molecule has 0 spiro atoms. The van der Waals surface area contributed by atoms with E-state index in [4.69, 9.17) is 26.3 Å². The van der Waals surface area contributed by atoms with E-state index in [1.807, 2.05) is 95.6 Å². The van der Waals surface area contributed by atoms with Crippen molar-refractivity contribution in [2.75, 3.05) is 96.5 Å². The van der Waals surface area contributed by atoms with Crippen molar-refractivity contribution in [1.29, 1.82) is 0 Å². The van der Waals surface area contributed by atoms with Crippen LogP contribution in [0.5, 0.6) is 11.8 Å². The first kappa shape index (κ1) is 57.2. The standard InChI is InChI=1S/C60H75ClFN11O6S/c1-36(79-59-67-53-47(56(68-59)72-21-17-63-18-22-72)30-48(61)51(52(53)62)46-28-43(74)27-42-9-7-8-10-45(42)46)31-70-23-25-71(26-24-70)32-39-15-19-69(20-16-39)34-50(76)66-55(60(4,5)6)58(78)73-33-44(75)29-49(73)57(77)65-37(2)40-11-13-41(14-12-40)54-38(3)64-35-80-54/h7-14,27-28,30,35-37,39,44,49,55,63,74-75H,15-26,29,31-34H2,1-6H3,(H,65,77)(H,66,76)/t36-,37+,44?,49?,55-/m1/s1. The van der Waals surface area contributed by atoms with Crippen LogP contribution >= 0.6 is 22.9 Å². The number of hydrogen-bond donors (Lipinski definition) is 5. The molecule has 0 saturated carbocycles. The van der Waals surface area contributed by atoms with Crippen molar-refractivity contribution in [2.24, 2.45) is 11.3 Å². The van der Waals surface area contributed by atoms with Crippen molar-refractivity contribution in [3.05, 3.63) is 94.3 Å². The molecule has 4 fully saturated rings. The van der Waals surface area contributed by atoms with Gasteiger partial charge in [-0.25, -0.2) is 9.37 Å². The molecule has 0 aliphatic carbocycles. The normalized spacial score (nSPS) is 20.3. The lowest BCUT2D eigenvalue weighted by Crippen LogP contribution is -2.59. The molecule has 20 heteroatoms. The van der Waals surface area contributed by atoms with Gasteiger partial charge < -0.3 is 45.6 Å². The highest BCUT2D eigenvalue weighted by Gasteiger charge is 2.45. The number of nitrogens with one attached hydrogen (secondary N) is 3. The van der Waals surface area contributed by atoms with Gasteiger partial charge in [0.05, 0.1) is 39.8 Å². The number of carbonyl (C=O) groups excluding carboxylic acids is 3. The Bertz CT molecular complexity index is 3190. The first-order valence-corrected chi connectivity index (χ1v) is 29.4. The molecule has 17 nitrogen and oxygen atoms in total. The molecule has 426 valence electrons. The lowest BCUT2D eigenvalue weighted by atomic mass is 9.85. The first-order valence-electron chi connectivity index (χ1n) is 28.2. The molecule has 4 saturated heterocycles. The van der Waals surface area contributed by atoms with Gasteiger partial charge in [-0.1, -0.05) is 80.9 Å². The number of piperidine rings is 1. The molecule has 0 radical (unpaired) electrons. The molecule has 5 N–H and O–H groups in total. The molecule has 2 unspecified atom stereocenters. The molecule has 6 heterocycles. The molecule has 6 aromatic rings. The van der Waals surface area contributed by atoms with E-state index >= 15 is 4.39 Å². The molecular formula is C60H75ClFN11O6S. The number of piperazine rings is 2. The summed E-state index contributed by atoms with van der Waals surface area (Å²) in [6, 6.07) is 18.4. The van der Waals surface area contributed by atoms with Gasteiger partial charge in [0.1, 0.15) is 35.3 Å². The zero-order valence-corrected chi connectivity index (χ0v) is 48.3. The van der Waals surface area contributed by atoms with Crippen LogP contribution in [0.1, 0.15) is 71.2 Å². The Morgan fingerprint density at radius 1 is 0.900 bits per heavy atom. The maximum absolute atomic E-state index is 17.1. The predicted octanol–water partition coefficient (Wildman–Crippen LogP) is 7.26. The van der Waals surface area contributed by atoms with Gasteiger partial charge in [0.25, 0.3) is 0 Å². The number of rotatable bonds is 16. The van der Waals surface area contributed by atoms with Crippen LogP contribution in [0.2, 0.25) is 5.02 Å². The highest BCUT2D eigenvalue weighted by molar-refractivity contribution is 7.13. The second-order valence-corrected chi connectivity index (χ2v) is 24.6. The SMILES string of the molecule is Cc1ncsc1-c1ccc([C@H](C)NC(=O)C2CC(O)CN2C(=O)[C@@H](NC(=O)CN2CCC(CN3CCN(C[C@@H](C)Oc4nc(N5CCNCC5)c5cc(Cl)c(-c6cc(O)cc7ccccc67)c(F)c5n4)CC3)CC2)C(C)(C)C)cc1. The zero-order valence-electron chi connectivity index (χ0n) is 46.7. The maximum Gasteiger partial charge on any atom is 0.319 e. The van der Waals surface area contributed by atoms with Crippen molar-refractivity contribution in [2.45, 2.75) is 91.1 Å². The fraction of sp³-hybridized carbons (Fsp3) is 0.500. The van der Waals surface area contributed by atoms with Gasteiger partial charge in [0, 0.05) is 89.4 Å². The summed E-state index contributed by atoms with van der Waals surface area (Å²) in [6.45, 7) is 21.3. The second-order valence-electron chi connectivity index (χ2n) is 23.4. The number of aromatic hydroxyl groups is 1. The molecule has 80 heavy (non-hydrogen) atoms. The second kappa shape index (κ2) is 24.6. The molecular weight excluding hydrogens is 1060 g/mol. The number of anilines is 1. The van der Waals surface area contributed by atoms with Crippen LogP contribution in [0, 0.1) is 24.1 Å². The van der Waals surface area contributed by atoms with E-state index in [0.29, 0.717) is 42.3 Å². The number of aliphatic hydroxyl groups excluding tert-OH is 1. The Morgan fingerprint density at radius 3 is 2.31 bits per heavy atom. The number of aryl methyl sites for hydroxylation is 1. The van der Waals surface area contributed by atoms with Crippen molar-refractivity contribution < 1.29 is 33.7 Å². The summed E-state index contributed by atoms with van der Waals surface area (Å²) >= 11 is 8.51. The number of β-amino-alcohol motifs (C(OH)–C–C–N with tert-alkyl or cyclic N) is 1. The Labute approximate surface area is 476 Å². The summed E-state index contributed by atoms with van der Waals surface area (Å²) in [5, 5.41) is 33.2. The molecule has 10 rings (SSSR count). The summed E-state index contributed by atoms with van der Waals surface area (Å²) in [5.41, 5.74) is 4.84. The number of thiazole rings is 1. The summed E-state index contributed by atoms with van der Waals surface area (Å²) in [7, 11) is 0. The quantitative estimate of drug-likeness (QED) is 0.0651. The number of hydrogen-bond acceptors (Lipinski definition) is 15. The molecule has 4 aliphatic heterocycles. The van der Waals surface area contributed by atoms with Gasteiger partial charge in [-0.2, -0.15) is 9.97 Å². The first-order chi connectivity index (χ1) is 38.4. The average Bonchev–Trinajstić information content (AvgIpc) is 4.13. The number of halogens is 2. The van der Waals surface area contributed by atoms with E-state index < -0.39 is 29.4 Å². The number of likely N-dealkylation sites (tertiary alicyclic amines) is 2.